The van der Waals surface area contributed by atoms with Crippen LogP contribution in [0.4, 0.5) is 10.1 Å². The molecule has 1 aromatic heterocycles. The van der Waals surface area contributed by atoms with E-state index in [2.05, 4.69) is 68.5 Å². The van der Waals surface area contributed by atoms with Crippen LogP contribution in [-0.2, 0) is 0 Å². The molecule has 1 atom stereocenters. The van der Waals surface area contributed by atoms with Crippen molar-refractivity contribution in [2.45, 2.75) is 60.3 Å². The van der Waals surface area contributed by atoms with E-state index in [9.17, 15) is 9.50 Å². The molecule has 0 spiro atoms. The quantitative estimate of drug-likeness (QED) is 0.207. The van der Waals surface area contributed by atoms with Crippen LogP contribution in [0.3, 0.4) is 0 Å². The first kappa shape index (κ1) is 32.4. The van der Waals surface area contributed by atoms with Gasteiger partial charge in [-0.3, -0.25) is 4.39 Å². The van der Waals surface area contributed by atoms with Crippen LogP contribution in [-0.4, -0.2) is 29.1 Å². The van der Waals surface area contributed by atoms with Crippen molar-refractivity contribution in [3.05, 3.63) is 102 Å². The molecule has 0 bridgehead atoms. The summed E-state index contributed by atoms with van der Waals surface area (Å²) in [6.45, 7) is 10.8. The molecule has 4 nitrogen and oxygen atoms in total. The number of aliphatic hydroxyl groups excluding tert-OH is 1. The number of allylic oxidation sites excluding steroid dienone is 4. The van der Waals surface area contributed by atoms with Gasteiger partial charge in [-0.2, -0.15) is 5.10 Å². The first-order valence-corrected chi connectivity index (χ1v) is 13.4. The molecule has 38 heavy (non-hydrogen) atoms. The molecule has 0 saturated carbocycles. The molecular weight excluding hydrogens is 473 g/mol. The normalized spacial score (nSPS) is 12.3. The highest BCUT2D eigenvalue weighted by Crippen LogP contribution is 2.32. The Morgan fingerprint density at radius 1 is 1.08 bits per heavy atom. The van der Waals surface area contributed by atoms with E-state index in [4.69, 9.17) is 0 Å². The van der Waals surface area contributed by atoms with Gasteiger partial charge in [0.05, 0.1) is 25.3 Å². The smallest absolute Gasteiger partial charge is 0.0873 e. The number of aliphatic hydroxyl groups is 1. The fourth-order valence-electron chi connectivity index (χ4n) is 3.98. The highest BCUT2D eigenvalue weighted by Gasteiger charge is 2.12. The van der Waals surface area contributed by atoms with E-state index in [1.54, 1.807) is 0 Å². The number of hydrogen-bond acceptors (Lipinski definition) is 3. The minimum Gasteiger partial charge on any atom is -0.515 e. The Bertz CT molecular complexity index is 1150. The standard InChI is InChI=1S/C19H29NO.C13H14N2.CH3F/c1-5-9-16(13-12-15(3)6-2)18(14-21)17-10-7-8-11-19(17)20-4;1-3-7-12-10-14-15(11(12)2)13-8-5-4-6-9-13;1-2/h7-8,10-11,13-15,20-21H,5-6,9,12H2,1-4H3;3-10H,1-2H3;1H3/b16-13+,18-14-;7-3+;. The van der Waals surface area contributed by atoms with Gasteiger partial charge in [-0.15, -0.1) is 0 Å². The average molecular weight is 520 g/mol. The molecule has 3 aromatic rings. The number of halogens is 1. The van der Waals surface area contributed by atoms with Gasteiger partial charge in [-0.25, -0.2) is 4.68 Å². The lowest BCUT2D eigenvalue weighted by Crippen LogP contribution is -1.99. The number of alkyl halides is 1. The van der Waals surface area contributed by atoms with Crippen LogP contribution in [0.5, 0.6) is 0 Å². The minimum absolute atomic E-state index is 0.500. The lowest BCUT2D eigenvalue weighted by Gasteiger charge is -2.16. The lowest BCUT2D eigenvalue weighted by molar-refractivity contribution is 0.475. The van der Waals surface area contributed by atoms with E-state index >= 15 is 0 Å². The van der Waals surface area contributed by atoms with Gasteiger partial charge >= 0.3 is 0 Å². The molecule has 0 aliphatic heterocycles. The summed E-state index contributed by atoms with van der Waals surface area (Å²) in [5, 5.41) is 17.4. The maximum Gasteiger partial charge on any atom is 0.0873 e. The summed E-state index contributed by atoms with van der Waals surface area (Å²) in [5.41, 5.74) is 7.72. The van der Waals surface area contributed by atoms with E-state index in [0.717, 1.165) is 41.8 Å². The first-order chi connectivity index (χ1) is 18.5. The van der Waals surface area contributed by atoms with Crippen molar-refractivity contribution in [2.24, 2.45) is 5.92 Å². The Labute approximate surface area is 229 Å². The number of hydrogen-bond donors (Lipinski definition) is 2. The van der Waals surface area contributed by atoms with Crippen LogP contribution in [0, 0.1) is 12.8 Å². The Hall–Kier alpha value is -3.60. The largest absolute Gasteiger partial charge is 0.515 e. The summed E-state index contributed by atoms with van der Waals surface area (Å²) in [6.07, 6.45) is 13.8. The number of nitrogens with zero attached hydrogens (tertiary/aromatic N) is 2. The van der Waals surface area contributed by atoms with Crippen molar-refractivity contribution in [1.29, 1.82) is 0 Å². The topological polar surface area (TPSA) is 50.1 Å². The molecule has 0 radical (unpaired) electrons. The maximum absolute atomic E-state index is 9.79. The second-order valence-electron chi connectivity index (χ2n) is 9.00. The van der Waals surface area contributed by atoms with Crippen molar-refractivity contribution in [3.63, 3.8) is 0 Å². The van der Waals surface area contributed by atoms with Gasteiger partial charge in [0.2, 0.25) is 0 Å². The molecule has 0 saturated heterocycles. The van der Waals surface area contributed by atoms with Crippen LogP contribution in [0.25, 0.3) is 17.3 Å². The molecule has 1 heterocycles. The second-order valence-corrected chi connectivity index (χ2v) is 9.00. The van der Waals surface area contributed by atoms with Crippen LogP contribution >= 0.6 is 0 Å². The third-order valence-electron chi connectivity index (χ3n) is 6.34. The van der Waals surface area contributed by atoms with Gasteiger partial charge in [0.25, 0.3) is 0 Å². The van der Waals surface area contributed by atoms with Gasteiger partial charge in [-0.1, -0.05) is 88.2 Å². The number of anilines is 1. The molecule has 206 valence electrons. The van der Waals surface area contributed by atoms with Crippen molar-refractivity contribution < 1.29 is 9.50 Å². The van der Waals surface area contributed by atoms with E-state index in [0.29, 0.717) is 13.1 Å². The van der Waals surface area contributed by atoms with Gasteiger partial charge in [0.1, 0.15) is 0 Å². The number of aromatic nitrogens is 2. The number of para-hydroxylation sites is 2. The zero-order valence-electron chi connectivity index (χ0n) is 24.2. The molecule has 0 aliphatic carbocycles. The Morgan fingerprint density at radius 2 is 1.74 bits per heavy atom. The van der Waals surface area contributed by atoms with Crippen molar-refractivity contribution in [1.82, 2.24) is 9.78 Å². The Kier molecular flexibility index (Phi) is 15.9. The molecule has 5 heteroatoms. The Morgan fingerprint density at radius 3 is 2.32 bits per heavy atom. The molecule has 0 fully saturated rings. The van der Waals surface area contributed by atoms with Crippen LogP contribution in [0.15, 0.2) is 84.8 Å². The summed E-state index contributed by atoms with van der Waals surface area (Å²) in [5.74, 6) is 0.677. The first-order valence-electron chi connectivity index (χ1n) is 13.4. The van der Waals surface area contributed by atoms with Crippen LogP contribution in [0.1, 0.15) is 70.2 Å². The summed E-state index contributed by atoms with van der Waals surface area (Å²) >= 11 is 0. The van der Waals surface area contributed by atoms with E-state index in [-0.39, 0.29) is 0 Å². The molecule has 0 amide bonds. The fourth-order valence-corrected chi connectivity index (χ4v) is 3.98. The van der Waals surface area contributed by atoms with Gasteiger partial charge in [0.15, 0.2) is 0 Å². The van der Waals surface area contributed by atoms with E-state index < -0.39 is 0 Å². The SMILES string of the molecule is C/C=C/c1cnn(-c2ccccc2)c1C.CCCC(=C\CC(C)CC)/C(=C/O)c1ccccc1NC.CF. The third kappa shape index (κ3) is 9.70. The van der Waals surface area contributed by atoms with Gasteiger partial charge in [-0.05, 0) is 56.4 Å². The molecule has 2 N–H and O–H groups in total. The summed E-state index contributed by atoms with van der Waals surface area (Å²) < 4.78 is 11.5. The van der Waals surface area contributed by atoms with Crippen molar-refractivity contribution in [3.8, 4) is 5.69 Å². The highest BCUT2D eigenvalue weighted by atomic mass is 19.1. The van der Waals surface area contributed by atoms with Gasteiger partial charge in [0, 0.05) is 35.1 Å². The average Bonchev–Trinajstić information content (AvgIpc) is 3.33. The minimum atomic E-state index is 0.500. The summed E-state index contributed by atoms with van der Waals surface area (Å²) in [7, 11) is 2.41. The molecular formula is C33H46FN3O. The zero-order chi connectivity index (χ0) is 28.3. The monoisotopic (exact) mass is 519 g/mol. The predicted molar refractivity (Wildman–Crippen MR) is 164 cm³/mol. The van der Waals surface area contributed by atoms with Crippen molar-refractivity contribution in [2.75, 3.05) is 19.5 Å². The summed E-state index contributed by atoms with van der Waals surface area (Å²) in [6, 6.07) is 18.3. The predicted octanol–water partition coefficient (Wildman–Crippen LogP) is 9.59. The van der Waals surface area contributed by atoms with Crippen LogP contribution < -0.4 is 5.32 Å². The number of rotatable bonds is 10. The maximum atomic E-state index is 9.79. The Balaban J connectivity index is 0.000000372. The zero-order valence-corrected chi connectivity index (χ0v) is 24.2. The van der Waals surface area contributed by atoms with Crippen LogP contribution in [0.2, 0.25) is 0 Å². The molecule has 1 unspecified atom stereocenters. The third-order valence-corrected chi connectivity index (χ3v) is 6.34. The van der Waals surface area contributed by atoms with E-state index in [1.165, 1.54) is 29.5 Å². The van der Waals surface area contributed by atoms with E-state index in [1.807, 2.05) is 67.3 Å². The lowest BCUT2D eigenvalue weighted by atomic mass is 9.92. The second kappa shape index (κ2) is 18.6. The number of benzene rings is 2. The van der Waals surface area contributed by atoms with Crippen molar-refractivity contribution >= 4 is 17.3 Å². The summed E-state index contributed by atoms with van der Waals surface area (Å²) in [4.78, 5) is 0. The number of nitrogens with one attached hydrogen (secondary N) is 1. The van der Waals surface area contributed by atoms with Gasteiger partial charge < -0.3 is 10.4 Å². The molecule has 0 aliphatic rings. The fraction of sp³-hybridized carbons (Fsp3) is 0.364. The molecule has 3 rings (SSSR count). The highest BCUT2D eigenvalue weighted by molar-refractivity contribution is 5.85. The molecule has 2 aromatic carbocycles.